The first-order valence-electron chi connectivity index (χ1n) is 23.4. The lowest BCUT2D eigenvalue weighted by molar-refractivity contribution is 0.813. The number of anilines is 2. The zero-order valence-corrected chi connectivity index (χ0v) is 38.0. The maximum atomic E-state index is 10.5. The molecule has 326 valence electrons. The van der Waals surface area contributed by atoms with Crippen LogP contribution in [0.1, 0.15) is 33.4 Å². The first-order valence-corrected chi connectivity index (χ1v) is 23.4. The molecular weight excluding hydrogens is 853 g/mol. The summed E-state index contributed by atoms with van der Waals surface area (Å²) in [5.41, 5.74) is 13.0. The van der Waals surface area contributed by atoms with Crippen molar-refractivity contribution in [3.8, 4) is 46.5 Å². The van der Waals surface area contributed by atoms with Crippen LogP contribution in [-0.4, -0.2) is 0 Å². The molecule has 0 fully saturated rings. The van der Waals surface area contributed by atoms with Gasteiger partial charge in [-0.15, -0.1) is 0 Å². The van der Waals surface area contributed by atoms with E-state index >= 15 is 0 Å². The van der Waals surface area contributed by atoms with Crippen LogP contribution in [0.4, 0.5) is 11.4 Å². The van der Waals surface area contributed by atoms with Gasteiger partial charge in [-0.25, -0.2) is 0 Å². The first kappa shape index (κ1) is 41.7. The lowest BCUT2D eigenvalue weighted by atomic mass is 9.86. The molecule has 0 aromatic heterocycles. The van der Waals surface area contributed by atoms with E-state index < -0.39 is 0 Å². The second-order valence-electron chi connectivity index (χ2n) is 18.0. The molecule has 6 heteroatoms. The predicted molar refractivity (Wildman–Crippen MR) is 283 cm³/mol. The van der Waals surface area contributed by atoms with Crippen molar-refractivity contribution in [2.75, 3.05) is 9.80 Å². The van der Waals surface area contributed by atoms with Gasteiger partial charge < -0.3 is 9.80 Å². The molecule has 0 saturated carbocycles. The summed E-state index contributed by atoms with van der Waals surface area (Å²) >= 11 is 0. The van der Waals surface area contributed by atoms with Crippen LogP contribution in [0.25, 0.3) is 76.5 Å². The van der Waals surface area contributed by atoms with Crippen molar-refractivity contribution in [2.45, 2.75) is 26.2 Å². The van der Waals surface area contributed by atoms with Crippen molar-refractivity contribution < 1.29 is 0 Å². The van der Waals surface area contributed by atoms with Crippen LogP contribution in [0.3, 0.4) is 0 Å². The van der Waals surface area contributed by atoms with Gasteiger partial charge in [0.15, 0.2) is 0 Å². The van der Waals surface area contributed by atoms with Crippen LogP contribution >= 0.6 is 0 Å². The van der Waals surface area contributed by atoms with Gasteiger partial charge in [0.05, 0.1) is 0 Å². The minimum Gasteiger partial charge on any atom is -0.363 e. The SMILES string of the molecule is N#CC(C#N)=C(C(=C(C#N)C#N)c1ccc(N2Cc3ccc4ccccc4c3-c3c(ccc4ccccc34)C2)cc1)c1ccc(N2Cc3ccc4ccccc4c3-c3c(ccc4ccccc34)C2)cc1. The Bertz CT molecular complexity index is 3580. The maximum absolute atomic E-state index is 10.5. The quantitative estimate of drug-likeness (QED) is 0.126. The Balaban J connectivity index is 0.923. The minimum absolute atomic E-state index is 0.189. The molecule has 0 bridgehead atoms. The molecule has 0 aliphatic carbocycles. The number of nitrogens with zero attached hydrogens (tertiary/aromatic N) is 6. The van der Waals surface area contributed by atoms with Gasteiger partial charge in [-0.05, 0) is 123 Å². The number of fused-ring (bicyclic) bond motifs is 14. The Morgan fingerprint density at radius 1 is 0.300 bits per heavy atom. The molecule has 12 rings (SSSR count). The largest absolute Gasteiger partial charge is 0.363 e. The molecule has 2 heterocycles. The van der Waals surface area contributed by atoms with Crippen molar-refractivity contribution >= 4 is 65.6 Å². The average molecular weight is 893 g/mol. The Morgan fingerprint density at radius 2 is 0.557 bits per heavy atom. The molecule has 10 aromatic rings. The number of allylic oxidation sites excluding steroid dienone is 4. The highest BCUT2D eigenvalue weighted by Gasteiger charge is 2.27. The normalized spacial score (nSPS) is 12.5. The van der Waals surface area contributed by atoms with Crippen molar-refractivity contribution in [1.29, 1.82) is 21.0 Å². The average Bonchev–Trinajstić information content (AvgIpc) is 3.71. The Morgan fingerprint density at radius 3 is 0.814 bits per heavy atom. The van der Waals surface area contributed by atoms with Crippen LogP contribution in [0.5, 0.6) is 0 Å². The van der Waals surface area contributed by atoms with Gasteiger partial charge in [-0.1, -0.05) is 170 Å². The molecule has 0 N–H and O–H groups in total. The highest BCUT2D eigenvalue weighted by atomic mass is 15.1. The zero-order valence-electron chi connectivity index (χ0n) is 38.0. The lowest BCUT2D eigenvalue weighted by Gasteiger charge is -2.25. The van der Waals surface area contributed by atoms with E-state index in [1.165, 1.54) is 87.6 Å². The van der Waals surface area contributed by atoms with Crippen molar-refractivity contribution in [1.82, 2.24) is 0 Å². The van der Waals surface area contributed by atoms with Crippen LogP contribution in [0.15, 0.2) is 205 Å². The third kappa shape index (κ3) is 6.92. The number of hydrogen-bond donors (Lipinski definition) is 0. The molecule has 2 aliphatic heterocycles. The van der Waals surface area contributed by atoms with Gasteiger partial charge in [0.2, 0.25) is 0 Å². The molecular formula is C64H40N6. The monoisotopic (exact) mass is 892 g/mol. The smallest absolute Gasteiger partial charge is 0.138 e. The molecule has 2 aliphatic rings. The van der Waals surface area contributed by atoms with Crippen LogP contribution in [-0.2, 0) is 26.2 Å². The summed E-state index contributed by atoms with van der Waals surface area (Å²) < 4.78 is 0. The predicted octanol–water partition coefficient (Wildman–Crippen LogP) is 15.0. The van der Waals surface area contributed by atoms with E-state index in [0.717, 1.165) is 11.4 Å². The number of rotatable bonds is 5. The Labute approximate surface area is 406 Å². The molecule has 0 spiro atoms. The maximum Gasteiger partial charge on any atom is 0.138 e. The van der Waals surface area contributed by atoms with E-state index in [0.29, 0.717) is 37.3 Å². The molecule has 10 aromatic carbocycles. The van der Waals surface area contributed by atoms with E-state index in [1.807, 2.05) is 48.5 Å². The molecule has 0 radical (unpaired) electrons. The molecule has 0 amide bonds. The van der Waals surface area contributed by atoms with Gasteiger partial charge >= 0.3 is 0 Å². The summed E-state index contributed by atoms with van der Waals surface area (Å²) in [6, 6.07) is 76.1. The Hall–Kier alpha value is -9.72. The third-order valence-electron chi connectivity index (χ3n) is 14.2. The van der Waals surface area contributed by atoms with Gasteiger partial charge in [0.1, 0.15) is 35.4 Å². The summed E-state index contributed by atoms with van der Waals surface area (Å²) in [5.74, 6) is 0. The van der Waals surface area contributed by atoms with Crippen LogP contribution in [0, 0.1) is 45.3 Å². The van der Waals surface area contributed by atoms with E-state index in [1.54, 1.807) is 0 Å². The zero-order chi connectivity index (χ0) is 47.3. The summed E-state index contributed by atoms with van der Waals surface area (Å²) in [5, 5.41) is 51.7. The van der Waals surface area contributed by atoms with E-state index in [4.69, 9.17) is 0 Å². The first-order chi connectivity index (χ1) is 34.5. The summed E-state index contributed by atoms with van der Waals surface area (Å²) in [6.45, 7) is 2.61. The fraction of sp³-hybridized carbons (Fsp3) is 0.0625. The van der Waals surface area contributed by atoms with Crippen molar-refractivity contribution in [3.63, 3.8) is 0 Å². The highest BCUT2D eigenvalue weighted by Crippen LogP contribution is 2.46. The standard InChI is InChI=1S/C64H40N6/c65-33-51(34-66)59(45-25-29-53(30-26-45)69-37-47-21-17-41-9-1-5-13-55(41)61(47)62-48(38-69)22-18-42-10-2-6-14-56(42)62)60(52(35-67)36-68)46-27-31-54(32-28-46)70-39-49-23-19-43-11-3-7-15-57(43)63(49)64-50(40-70)24-20-44-12-4-8-16-58(44)64/h1-32H,37-40H2. The molecule has 0 saturated heterocycles. The summed E-state index contributed by atoms with van der Waals surface area (Å²) in [7, 11) is 0. The van der Waals surface area contributed by atoms with Gasteiger partial charge in [0, 0.05) is 48.7 Å². The second kappa shape index (κ2) is 17.2. The second-order valence-corrected chi connectivity index (χ2v) is 18.0. The molecule has 0 atom stereocenters. The van der Waals surface area contributed by atoms with E-state index in [9.17, 15) is 21.0 Å². The lowest BCUT2D eigenvalue weighted by Crippen LogP contribution is -2.21. The topological polar surface area (TPSA) is 102 Å². The van der Waals surface area contributed by atoms with Crippen molar-refractivity contribution in [3.05, 3.63) is 239 Å². The van der Waals surface area contributed by atoms with Crippen molar-refractivity contribution in [2.24, 2.45) is 0 Å². The van der Waals surface area contributed by atoms with Gasteiger partial charge in [-0.3, -0.25) is 0 Å². The number of hydrogen-bond acceptors (Lipinski definition) is 6. The Kier molecular flexibility index (Phi) is 10.2. The van der Waals surface area contributed by atoms with Gasteiger partial charge in [-0.2, -0.15) is 21.0 Å². The highest BCUT2D eigenvalue weighted by molar-refractivity contribution is 6.12. The molecule has 6 nitrogen and oxygen atoms in total. The van der Waals surface area contributed by atoms with Gasteiger partial charge in [0.25, 0.3) is 0 Å². The molecule has 0 unspecified atom stereocenters. The fourth-order valence-corrected chi connectivity index (χ4v) is 11.1. The number of nitriles is 4. The minimum atomic E-state index is -0.189. The van der Waals surface area contributed by atoms with E-state index in [-0.39, 0.29) is 22.3 Å². The number of benzene rings is 10. The summed E-state index contributed by atoms with van der Waals surface area (Å²) in [6.07, 6.45) is 0. The molecule has 70 heavy (non-hydrogen) atoms. The fourth-order valence-electron chi connectivity index (χ4n) is 11.1. The van der Waals surface area contributed by atoms with Crippen LogP contribution < -0.4 is 9.80 Å². The van der Waals surface area contributed by atoms with E-state index in [2.05, 4.69) is 180 Å². The summed E-state index contributed by atoms with van der Waals surface area (Å²) in [4.78, 5) is 4.71. The third-order valence-corrected chi connectivity index (χ3v) is 14.2. The van der Waals surface area contributed by atoms with Crippen LogP contribution in [0.2, 0.25) is 0 Å².